The second-order valence-corrected chi connectivity index (χ2v) is 6.90. The molecule has 3 rings (SSSR count). The van der Waals surface area contributed by atoms with Crippen LogP contribution in [0.2, 0.25) is 0 Å². The monoisotopic (exact) mass is 339 g/mol. The Labute approximate surface area is 138 Å². The molecule has 0 bridgehead atoms. The molecule has 0 radical (unpaired) electrons. The number of halogens is 2. The van der Waals surface area contributed by atoms with Crippen molar-refractivity contribution in [1.29, 1.82) is 0 Å². The van der Waals surface area contributed by atoms with E-state index in [1.54, 1.807) is 24.3 Å². The molecule has 0 saturated heterocycles. The lowest BCUT2D eigenvalue weighted by molar-refractivity contribution is -0.210. The highest BCUT2D eigenvalue weighted by Crippen LogP contribution is 2.65. The summed E-state index contributed by atoms with van der Waals surface area (Å²) in [5, 5.41) is 11.6. The minimum Gasteiger partial charge on any atom is -0.480 e. The number of hydrogen-bond acceptors (Lipinski definition) is 3. The number of ether oxygens (including phenoxy) is 1. The van der Waals surface area contributed by atoms with Crippen molar-refractivity contribution < 1.29 is 28.2 Å². The Morgan fingerprint density at radius 3 is 2.42 bits per heavy atom. The van der Waals surface area contributed by atoms with E-state index in [1.807, 2.05) is 6.07 Å². The highest BCUT2D eigenvalue weighted by molar-refractivity contribution is 5.80. The largest absolute Gasteiger partial charge is 0.480 e. The maximum atomic E-state index is 13.0. The Bertz CT molecular complexity index is 619. The summed E-state index contributed by atoms with van der Waals surface area (Å²) in [4.78, 5) is 23.2. The first kappa shape index (κ1) is 16.7. The zero-order valence-corrected chi connectivity index (χ0v) is 13.0. The summed E-state index contributed by atoms with van der Waals surface area (Å²) in [6.07, 6.45) is -0.370. The molecule has 1 aromatic rings. The molecule has 0 aromatic heterocycles. The van der Waals surface area contributed by atoms with Crippen LogP contribution in [0.15, 0.2) is 30.3 Å². The number of carbonyl (C=O) groups is 2. The fourth-order valence-electron chi connectivity index (χ4n) is 3.90. The molecule has 1 unspecified atom stereocenters. The molecule has 0 heterocycles. The fourth-order valence-corrected chi connectivity index (χ4v) is 3.90. The molecule has 2 aliphatic rings. The number of amides is 1. The molecule has 0 aliphatic heterocycles. The van der Waals surface area contributed by atoms with Crippen molar-refractivity contribution in [2.45, 2.75) is 44.3 Å². The third-order valence-corrected chi connectivity index (χ3v) is 4.88. The van der Waals surface area contributed by atoms with Crippen LogP contribution in [-0.2, 0) is 16.1 Å². The van der Waals surface area contributed by atoms with E-state index in [1.165, 1.54) is 0 Å². The van der Waals surface area contributed by atoms with Gasteiger partial charge in [0.2, 0.25) is 5.92 Å². The van der Waals surface area contributed by atoms with Crippen LogP contribution in [0.4, 0.5) is 13.6 Å². The summed E-state index contributed by atoms with van der Waals surface area (Å²) in [6.45, 7) is 0.0415. The molecule has 1 atom stereocenters. The van der Waals surface area contributed by atoms with Crippen molar-refractivity contribution in [3.8, 4) is 0 Å². The number of aliphatic carboxylic acids is 1. The number of hydrogen-bond donors (Lipinski definition) is 2. The smallest absolute Gasteiger partial charge is 0.408 e. The van der Waals surface area contributed by atoms with Gasteiger partial charge in [-0.05, 0) is 29.7 Å². The Morgan fingerprint density at radius 2 is 1.88 bits per heavy atom. The molecule has 2 N–H and O–H groups in total. The first-order valence-corrected chi connectivity index (χ1v) is 7.87. The topological polar surface area (TPSA) is 75.6 Å². The number of nitrogens with one attached hydrogen (secondary N) is 1. The molecule has 1 aromatic carbocycles. The maximum Gasteiger partial charge on any atom is 0.408 e. The molecule has 5 nitrogen and oxygen atoms in total. The van der Waals surface area contributed by atoms with Gasteiger partial charge in [0.1, 0.15) is 12.6 Å². The van der Waals surface area contributed by atoms with Crippen molar-refractivity contribution in [2.75, 3.05) is 0 Å². The van der Waals surface area contributed by atoms with Gasteiger partial charge in [-0.3, -0.25) is 0 Å². The summed E-state index contributed by atoms with van der Waals surface area (Å²) in [7, 11) is 0. The summed E-state index contributed by atoms with van der Waals surface area (Å²) < 4.78 is 31.0. The number of alkyl carbamates (subject to hydrolysis) is 1. The normalized spacial score (nSPS) is 22.1. The molecular weight excluding hydrogens is 320 g/mol. The Balaban J connectivity index is 1.48. The van der Waals surface area contributed by atoms with E-state index in [-0.39, 0.29) is 25.4 Å². The summed E-state index contributed by atoms with van der Waals surface area (Å²) in [6, 6.07) is 7.91. The van der Waals surface area contributed by atoms with Crippen molar-refractivity contribution >= 4 is 12.1 Å². The number of carboxylic acid groups (broad SMARTS) is 1. The maximum absolute atomic E-state index is 13.0. The van der Waals surface area contributed by atoms with Crippen LogP contribution in [0.5, 0.6) is 0 Å². The van der Waals surface area contributed by atoms with E-state index < -0.39 is 29.4 Å². The third kappa shape index (κ3) is 3.49. The van der Waals surface area contributed by atoms with Crippen LogP contribution in [0.25, 0.3) is 0 Å². The van der Waals surface area contributed by atoms with Crippen LogP contribution in [0, 0.1) is 11.3 Å². The van der Waals surface area contributed by atoms with Crippen molar-refractivity contribution in [3.63, 3.8) is 0 Å². The van der Waals surface area contributed by atoms with Crippen LogP contribution < -0.4 is 5.32 Å². The van der Waals surface area contributed by atoms with E-state index in [2.05, 4.69) is 5.32 Å². The van der Waals surface area contributed by atoms with Gasteiger partial charge >= 0.3 is 12.1 Å². The van der Waals surface area contributed by atoms with Gasteiger partial charge in [-0.1, -0.05) is 30.3 Å². The van der Waals surface area contributed by atoms with Gasteiger partial charge in [-0.15, -0.1) is 0 Å². The minimum atomic E-state index is -2.62. The minimum absolute atomic E-state index is 0.0415. The third-order valence-electron chi connectivity index (χ3n) is 4.88. The Morgan fingerprint density at radius 1 is 1.25 bits per heavy atom. The molecule has 2 saturated carbocycles. The molecular formula is C17H19F2NO4. The van der Waals surface area contributed by atoms with E-state index in [0.29, 0.717) is 12.8 Å². The molecule has 7 heteroatoms. The Kier molecular flexibility index (Phi) is 4.19. The number of alkyl halides is 2. The standard InChI is InChI=1S/C17H19F2NO4/c18-17(19)9-16(10-17)6-12(7-16)13(14(21)22)20-15(23)24-8-11-4-2-1-3-5-11/h1-5,12-13H,6-10H2,(H,20,23)(H,21,22). The predicted octanol–water partition coefficient (Wildman–Crippen LogP) is 3.19. The summed E-state index contributed by atoms with van der Waals surface area (Å²) >= 11 is 0. The highest BCUT2D eigenvalue weighted by atomic mass is 19.3. The average Bonchev–Trinajstić information content (AvgIpc) is 2.46. The van der Waals surface area contributed by atoms with Gasteiger partial charge in [0.25, 0.3) is 0 Å². The van der Waals surface area contributed by atoms with Gasteiger partial charge < -0.3 is 15.2 Å². The molecule has 2 fully saturated rings. The van der Waals surface area contributed by atoms with Gasteiger partial charge in [-0.2, -0.15) is 0 Å². The molecule has 1 spiro atoms. The van der Waals surface area contributed by atoms with E-state index in [9.17, 15) is 23.5 Å². The number of carbonyl (C=O) groups excluding carboxylic acids is 1. The highest BCUT2D eigenvalue weighted by Gasteiger charge is 2.63. The summed E-state index contributed by atoms with van der Waals surface area (Å²) in [5.74, 6) is -4.12. The summed E-state index contributed by atoms with van der Waals surface area (Å²) in [5.41, 5.74) is 0.358. The quantitative estimate of drug-likeness (QED) is 0.864. The van der Waals surface area contributed by atoms with Crippen LogP contribution in [0.3, 0.4) is 0 Å². The molecule has 2 aliphatic carbocycles. The van der Waals surface area contributed by atoms with Crippen LogP contribution in [-0.4, -0.2) is 29.1 Å². The lowest BCUT2D eigenvalue weighted by Crippen LogP contribution is -2.59. The van der Waals surface area contributed by atoms with Crippen molar-refractivity contribution in [3.05, 3.63) is 35.9 Å². The predicted molar refractivity (Wildman–Crippen MR) is 80.5 cm³/mol. The van der Waals surface area contributed by atoms with Crippen molar-refractivity contribution in [2.24, 2.45) is 11.3 Å². The average molecular weight is 339 g/mol. The van der Waals surface area contributed by atoms with Crippen LogP contribution in [0.1, 0.15) is 31.2 Å². The van der Waals surface area contributed by atoms with Crippen molar-refractivity contribution in [1.82, 2.24) is 5.32 Å². The molecule has 130 valence electrons. The van der Waals surface area contributed by atoms with E-state index >= 15 is 0 Å². The van der Waals surface area contributed by atoms with Crippen LogP contribution >= 0.6 is 0 Å². The lowest BCUT2D eigenvalue weighted by atomic mass is 9.49. The van der Waals surface area contributed by atoms with Gasteiger partial charge in [0.15, 0.2) is 0 Å². The zero-order chi connectivity index (χ0) is 17.4. The van der Waals surface area contributed by atoms with E-state index in [0.717, 1.165) is 5.56 Å². The number of carboxylic acids is 1. The zero-order valence-electron chi connectivity index (χ0n) is 13.0. The second-order valence-electron chi connectivity index (χ2n) is 6.90. The molecule has 1 amide bonds. The van der Waals surface area contributed by atoms with Gasteiger partial charge in [0, 0.05) is 12.8 Å². The van der Waals surface area contributed by atoms with E-state index in [4.69, 9.17) is 4.74 Å². The van der Waals surface area contributed by atoms with Gasteiger partial charge in [0.05, 0.1) is 0 Å². The number of rotatable bonds is 5. The first-order valence-electron chi connectivity index (χ1n) is 7.87. The number of benzene rings is 1. The van der Waals surface area contributed by atoms with Gasteiger partial charge in [-0.25, -0.2) is 18.4 Å². The first-order chi connectivity index (χ1) is 11.3. The second kappa shape index (κ2) is 6.03. The molecule has 24 heavy (non-hydrogen) atoms. The lowest BCUT2D eigenvalue weighted by Gasteiger charge is -2.58. The fraction of sp³-hybridized carbons (Fsp3) is 0.529. The SMILES string of the molecule is O=C(NC(C(=O)O)C1CC2(C1)CC(F)(F)C2)OCc1ccccc1. The Hall–Kier alpha value is -2.18.